The zero-order valence-corrected chi connectivity index (χ0v) is 28.8. The monoisotopic (exact) mass is 652 g/mol. The summed E-state index contributed by atoms with van der Waals surface area (Å²) >= 11 is 0. The molecule has 5 rings (SSSR count). The standard InChI is InChI=1S/C32H46O12.C2H6/c1-15-13-31(39)21-9-11-28(6)20(10-12-30(14-33,26(28)37)16(2)41-17(3)34)29(21,7)24(42-18(4)35)25(43-19(5)36)32(31,27(38)40-8)23-22(15)44-23;1-2/h15-16,20-25,33,39H,9-14H2,1-8H3;1-2H3/t15?,16?,20?,21?,22-,23-,24-,25+,28-,29-,30+,31-,32-;/m1./s1. The van der Waals surface area contributed by atoms with Crippen LogP contribution in [0.25, 0.3) is 0 Å². The van der Waals surface area contributed by atoms with Crippen LogP contribution in [0.3, 0.4) is 0 Å². The van der Waals surface area contributed by atoms with Crippen LogP contribution in [-0.4, -0.2) is 89.7 Å². The molecule has 0 bridgehead atoms. The lowest BCUT2D eigenvalue weighted by Gasteiger charge is -2.71. The van der Waals surface area contributed by atoms with Crippen LogP contribution in [0, 0.1) is 39.4 Å². The van der Waals surface area contributed by atoms with Gasteiger partial charge in [0.15, 0.2) is 17.3 Å². The Morgan fingerprint density at radius 3 is 2.04 bits per heavy atom. The molecule has 4 aliphatic carbocycles. The third-order valence-electron chi connectivity index (χ3n) is 12.4. The molecular weight excluding hydrogens is 600 g/mol. The highest BCUT2D eigenvalue weighted by Crippen LogP contribution is 2.75. The summed E-state index contributed by atoms with van der Waals surface area (Å²) in [6.45, 7) is 14.3. The number of ketones is 1. The fourth-order valence-electron chi connectivity index (χ4n) is 10.7. The van der Waals surface area contributed by atoms with E-state index in [0.717, 1.165) is 0 Å². The molecule has 13 atom stereocenters. The minimum Gasteiger partial charge on any atom is -0.468 e. The molecule has 5 fully saturated rings. The van der Waals surface area contributed by atoms with E-state index in [1.807, 2.05) is 34.6 Å². The summed E-state index contributed by atoms with van der Waals surface area (Å²) < 4.78 is 28.9. The maximum Gasteiger partial charge on any atom is 0.321 e. The first-order valence-corrected chi connectivity index (χ1v) is 16.6. The number of epoxide rings is 1. The predicted molar refractivity (Wildman–Crippen MR) is 162 cm³/mol. The molecule has 4 unspecified atom stereocenters. The van der Waals surface area contributed by atoms with Gasteiger partial charge in [0.2, 0.25) is 0 Å². The maximum atomic E-state index is 14.7. The molecule has 4 saturated carbocycles. The van der Waals surface area contributed by atoms with E-state index in [1.165, 1.54) is 27.9 Å². The number of esters is 4. The molecule has 1 saturated heterocycles. The van der Waals surface area contributed by atoms with Crippen molar-refractivity contribution in [2.45, 2.75) is 131 Å². The van der Waals surface area contributed by atoms with Gasteiger partial charge in [-0.15, -0.1) is 0 Å². The van der Waals surface area contributed by atoms with Gasteiger partial charge >= 0.3 is 23.9 Å². The van der Waals surface area contributed by atoms with Gasteiger partial charge in [-0.1, -0.05) is 34.6 Å². The smallest absolute Gasteiger partial charge is 0.321 e. The summed E-state index contributed by atoms with van der Waals surface area (Å²) in [4.78, 5) is 66.1. The van der Waals surface area contributed by atoms with E-state index in [4.69, 9.17) is 23.7 Å². The number of carbonyl (C=O) groups excluding carboxylic acids is 5. The largest absolute Gasteiger partial charge is 0.468 e. The zero-order valence-electron chi connectivity index (χ0n) is 28.8. The van der Waals surface area contributed by atoms with Gasteiger partial charge in [0.05, 0.1) is 30.8 Å². The van der Waals surface area contributed by atoms with Crippen LogP contribution in [0.15, 0.2) is 0 Å². The molecule has 2 N–H and O–H groups in total. The molecule has 0 aromatic heterocycles. The van der Waals surface area contributed by atoms with Gasteiger partial charge in [0, 0.05) is 31.6 Å². The van der Waals surface area contributed by atoms with Crippen molar-refractivity contribution in [3.63, 3.8) is 0 Å². The number of hydrogen-bond donors (Lipinski definition) is 2. The van der Waals surface area contributed by atoms with Crippen LogP contribution >= 0.6 is 0 Å². The maximum absolute atomic E-state index is 14.7. The number of aliphatic hydroxyl groups excluding tert-OH is 1. The van der Waals surface area contributed by atoms with Crippen LogP contribution in [0.5, 0.6) is 0 Å². The molecule has 12 nitrogen and oxygen atoms in total. The minimum atomic E-state index is -1.89. The number of rotatable bonds is 6. The number of Topliss-reactive ketones (excluding diaryl/α,β-unsaturated/α-hetero) is 1. The molecule has 0 aromatic carbocycles. The molecule has 0 radical (unpaired) electrons. The second-order valence-corrected chi connectivity index (χ2v) is 14.4. The van der Waals surface area contributed by atoms with Crippen molar-refractivity contribution in [2.24, 2.45) is 39.4 Å². The summed E-state index contributed by atoms with van der Waals surface area (Å²) in [5.41, 5.74) is -7.36. The Bertz CT molecular complexity index is 1270. The number of carbonyl (C=O) groups is 5. The first kappa shape index (κ1) is 36.3. The SMILES string of the molecule is CC.COC(=O)[C@]12[C@@H]3O[C@@H]3C(C)C[C@@]1(O)C1CC[C@@]3(C)C(=O)[C@@](CO)(C(C)OC(C)=O)CCC3[C@@]1(C)[C@H](OC(C)=O)[C@@H]2OC(C)=O. The molecule has 0 amide bonds. The van der Waals surface area contributed by atoms with Crippen molar-refractivity contribution in [3.05, 3.63) is 0 Å². The van der Waals surface area contributed by atoms with E-state index in [-0.39, 0.29) is 31.0 Å². The second-order valence-electron chi connectivity index (χ2n) is 14.4. The van der Waals surface area contributed by atoms with Crippen molar-refractivity contribution in [1.82, 2.24) is 0 Å². The topological polar surface area (TPSA) is 175 Å². The Hall–Kier alpha value is -2.57. The summed E-state index contributed by atoms with van der Waals surface area (Å²) in [6, 6.07) is 0. The van der Waals surface area contributed by atoms with Crippen LogP contribution in [-0.2, 0) is 47.7 Å². The molecule has 0 aromatic rings. The summed E-state index contributed by atoms with van der Waals surface area (Å²) in [7, 11) is 1.20. The van der Waals surface area contributed by atoms with E-state index in [2.05, 4.69) is 0 Å². The molecule has 0 spiro atoms. The third-order valence-corrected chi connectivity index (χ3v) is 12.4. The summed E-state index contributed by atoms with van der Waals surface area (Å²) in [5, 5.41) is 23.7. The van der Waals surface area contributed by atoms with Gasteiger partial charge in [-0.3, -0.25) is 24.0 Å². The number of ether oxygens (including phenoxy) is 5. The van der Waals surface area contributed by atoms with Crippen LogP contribution in [0.2, 0.25) is 0 Å². The molecule has 12 heteroatoms. The van der Waals surface area contributed by atoms with Crippen molar-refractivity contribution in [3.8, 4) is 0 Å². The van der Waals surface area contributed by atoms with E-state index in [9.17, 15) is 34.2 Å². The van der Waals surface area contributed by atoms with E-state index >= 15 is 0 Å². The van der Waals surface area contributed by atoms with Crippen LogP contribution in [0.4, 0.5) is 0 Å². The van der Waals surface area contributed by atoms with Crippen molar-refractivity contribution < 1.29 is 57.9 Å². The Morgan fingerprint density at radius 2 is 1.52 bits per heavy atom. The van der Waals surface area contributed by atoms with Crippen LogP contribution in [0.1, 0.15) is 94.4 Å². The van der Waals surface area contributed by atoms with Gasteiger partial charge in [0.1, 0.15) is 18.3 Å². The lowest BCUT2D eigenvalue weighted by atomic mass is 9.34. The molecule has 260 valence electrons. The first-order valence-electron chi connectivity index (χ1n) is 16.6. The highest BCUT2D eigenvalue weighted by atomic mass is 16.6. The lowest BCUT2D eigenvalue weighted by Crippen LogP contribution is -2.82. The van der Waals surface area contributed by atoms with Gasteiger partial charge < -0.3 is 33.9 Å². The van der Waals surface area contributed by atoms with Gasteiger partial charge in [0.25, 0.3) is 0 Å². The molecular formula is C34H52O12. The summed E-state index contributed by atoms with van der Waals surface area (Å²) in [6.07, 6.45) is -3.69. The van der Waals surface area contributed by atoms with Gasteiger partial charge in [-0.05, 0) is 56.8 Å². The van der Waals surface area contributed by atoms with Gasteiger partial charge in [-0.2, -0.15) is 0 Å². The number of aliphatic hydroxyl groups is 2. The van der Waals surface area contributed by atoms with Crippen molar-refractivity contribution in [1.29, 1.82) is 0 Å². The van der Waals surface area contributed by atoms with Crippen molar-refractivity contribution in [2.75, 3.05) is 13.7 Å². The number of hydrogen-bond acceptors (Lipinski definition) is 12. The fraction of sp³-hybridized carbons (Fsp3) is 0.853. The molecule has 46 heavy (non-hydrogen) atoms. The average Bonchev–Trinajstić information content (AvgIpc) is 3.78. The van der Waals surface area contributed by atoms with E-state index in [0.29, 0.717) is 12.8 Å². The van der Waals surface area contributed by atoms with E-state index in [1.54, 1.807) is 6.92 Å². The second kappa shape index (κ2) is 12.1. The van der Waals surface area contributed by atoms with Gasteiger partial charge in [-0.25, -0.2) is 0 Å². The number of methoxy groups -OCH3 is 1. The number of fused-ring (bicyclic) bond motifs is 7. The minimum absolute atomic E-state index is 0.134. The third kappa shape index (κ3) is 4.67. The zero-order chi connectivity index (χ0) is 34.8. The predicted octanol–water partition coefficient (Wildman–Crippen LogP) is 2.92. The van der Waals surface area contributed by atoms with E-state index < -0.39 is 100 Å². The van der Waals surface area contributed by atoms with Crippen LogP contribution < -0.4 is 0 Å². The first-order chi connectivity index (χ1) is 21.4. The molecule has 1 aliphatic heterocycles. The Morgan fingerprint density at radius 1 is 0.957 bits per heavy atom. The molecule has 1 heterocycles. The Balaban J connectivity index is 0.00000235. The lowest BCUT2D eigenvalue weighted by molar-refractivity contribution is -0.325. The summed E-state index contributed by atoms with van der Waals surface area (Å²) in [5.74, 6) is -4.48. The highest BCUT2D eigenvalue weighted by molar-refractivity contribution is 5.92. The molecule has 5 aliphatic rings. The fourth-order valence-corrected chi connectivity index (χ4v) is 10.7. The highest BCUT2D eigenvalue weighted by Gasteiger charge is 2.87. The van der Waals surface area contributed by atoms with Crippen molar-refractivity contribution >= 4 is 29.7 Å². The Kier molecular flexibility index (Phi) is 9.58. The quantitative estimate of drug-likeness (QED) is 0.244. The normalized spacial score (nSPS) is 45.9. The Labute approximate surface area is 271 Å². The average molecular weight is 653 g/mol.